The zero-order chi connectivity index (χ0) is 11.4. The molecule has 1 aromatic carbocycles. The molecule has 80 valence electrons. The summed E-state index contributed by atoms with van der Waals surface area (Å²) in [5.74, 6) is -1.31. The summed E-state index contributed by atoms with van der Waals surface area (Å²) in [5.41, 5.74) is 7.93. The van der Waals surface area contributed by atoms with E-state index in [1.165, 1.54) is 0 Å². The molecule has 8 heteroatoms. The van der Waals surface area contributed by atoms with Gasteiger partial charge in [-0.2, -0.15) is 8.78 Å². The molecule has 0 aliphatic carbocycles. The Bertz CT molecular complexity index is 420. The summed E-state index contributed by atoms with van der Waals surface area (Å²) in [6, 6.07) is 2.00. The quantitative estimate of drug-likeness (QED) is 0.467. The molecule has 1 rings (SSSR count). The Hall–Kier alpha value is -1.40. The topological polar surface area (TPSA) is 58.0 Å². The van der Waals surface area contributed by atoms with Gasteiger partial charge in [-0.25, -0.2) is 4.39 Å². The second-order valence-electron chi connectivity index (χ2n) is 2.28. The number of azide groups is 1. The van der Waals surface area contributed by atoms with Crippen molar-refractivity contribution in [2.75, 3.05) is 0 Å². The van der Waals surface area contributed by atoms with Crippen molar-refractivity contribution in [3.8, 4) is 5.75 Å². The van der Waals surface area contributed by atoms with Gasteiger partial charge in [-0.15, -0.1) is 0 Å². The molecule has 0 N–H and O–H groups in total. The van der Waals surface area contributed by atoms with Crippen molar-refractivity contribution in [3.63, 3.8) is 0 Å². The summed E-state index contributed by atoms with van der Waals surface area (Å²) >= 11 is 2.71. The Morgan fingerprint density at radius 1 is 1.47 bits per heavy atom. The van der Waals surface area contributed by atoms with E-state index < -0.39 is 18.2 Å². The van der Waals surface area contributed by atoms with Crippen LogP contribution in [0.5, 0.6) is 5.75 Å². The molecule has 0 amide bonds. The van der Waals surface area contributed by atoms with Crippen LogP contribution in [0.15, 0.2) is 21.7 Å². The average molecular weight is 282 g/mol. The fourth-order valence-corrected chi connectivity index (χ4v) is 1.28. The van der Waals surface area contributed by atoms with Crippen LogP contribution in [-0.4, -0.2) is 6.61 Å². The molecule has 0 aliphatic heterocycles. The minimum Gasteiger partial charge on any atom is -0.433 e. The predicted octanol–water partition coefficient (Wildman–Crippen LogP) is 4.13. The summed E-state index contributed by atoms with van der Waals surface area (Å²) in [6.45, 7) is -3.13. The van der Waals surface area contributed by atoms with Crippen LogP contribution in [0.1, 0.15) is 0 Å². The van der Waals surface area contributed by atoms with Gasteiger partial charge in [0.1, 0.15) is 5.82 Å². The molecule has 0 unspecified atom stereocenters. The molecule has 0 aliphatic rings. The molecule has 0 radical (unpaired) electrons. The molecule has 0 bridgehead atoms. The van der Waals surface area contributed by atoms with Crippen LogP contribution in [0, 0.1) is 5.82 Å². The number of benzene rings is 1. The Morgan fingerprint density at radius 2 is 2.13 bits per heavy atom. The number of halogens is 4. The van der Waals surface area contributed by atoms with E-state index in [4.69, 9.17) is 5.53 Å². The van der Waals surface area contributed by atoms with Crippen LogP contribution in [-0.2, 0) is 0 Å². The highest BCUT2D eigenvalue weighted by atomic mass is 79.9. The van der Waals surface area contributed by atoms with Crippen molar-refractivity contribution in [2.24, 2.45) is 5.11 Å². The van der Waals surface area contributed by atoms with Crippen LogP contribution in [0.25, 0.3) is 10.4 Å². The van der Waals surface area contributed by atoms with Crippen LogP contribution in [0.2, 0.25) is 0 Å². The van der Waals surface area contributed by atoms with E-state index in [9.17, 15) is 13.2 Å². The molecule has 4 nitrogen and oxygen atoms in total. The summed E-state index contributed by atoms with van der Waals surface area (Å²) in [7, 11) is 0. The van der Waals surface area contributed by atoms with E-state index >= 15 is 0 Å². The third-order valence-corrected chi connectivity index (χ3v) is 2.13. The number of nitrogens with zero attached hydrogens (tertiary/aromatic N) is 3. The monoisotopic (exact) mass is 281 g/mol. The molecule has 0 saturated carbocycles. The molecule has 0 fully saturated rings. The van der Waals surface area contributed by atoms with Crippen molar-refractivity contribution in [1.29, 1.82) is 0 Å². The fourth-order valence-electron chi connectivity index (χ4n) is 0.850. The highest BCUT2D eigenvalue weighted by Gasteiger charge is 2.15. The summed E-state index contributed by atoms with van der Waals surface area (Å²) in [4.78, 5) is 2.40. The lowest BCUT2D eigenvalue weighted by Gasteiger charge is -2.09. The normalized spacial score (nSPS) is 9.93. The number of alkyl halides is 2. The van der Waals surface area contributed by atoms with E-state index in [1.807, 2.05) is 0 Å². The number of hydrogen-bond acceptors (Lipinski definition) is 2. The van der Waals surface area contributed by atoms with Gasteiger partial charge in [-0.05, 0) is 33.6 Å². The zero-order valence-electron chi connectivity index (χ0n) is 6.99. The molecular formula is C7H3BrF3N3O. The SMILES string of the molecule is [N-]=[N+]=Nc1ccc(F)c(Br)c1OC(F)F. The maximum Gasteiger partial charge on any atom is 0.387 e. The third kappa shape index (κ3) is 2.77. The maximum atomic E-state index is 12.9. The van der Waals surface area contributed by atoms with Gasteiger partial charge >= 0.3 is 6.61 Å². The molecular weight excluding hydrogens is 279 g/mol. The highest BCUT2D eigenvalue weighted by Crippen LogP contribution is 2.38. The lowest BCUT2D eigenvalue weighted by Crippen LogP contribution is -2.03. The van der Waals surface area contributed by atoms with Crippen molar-refractivity contribution in [1.82, 2.24) is 0 Å². The summed E-state index contributed by atoms with van der Waals surface area (Å²) < 4.78 is 40.6. The second-order valence-corrected chi connectivity index (χ2v) is 3.07. The first-order valence-corrected chi connectivity index (χ1v) is 4.33. The molecule has 0 saturated heterocycles. The molecule has 0 spiro atoms. The second kappa shape index (κ2) is 4.90. The van der Waals surface area contributed by atoms with Gasteiger partial charge in [0.25, 0.3) is 0 Å². The lowest BCUT2D eigenvalue weighted by molar-refractivity contribution is -0.0501. The Kier molecular flexibility index (Phi) is 3.81. The van der Waals surface area contributed by atoms with Crippen LogP contribution >= 0.6 is 15.9 Å². The Labute approximate surface area is 90.4 Å². The maximum absolute atomic E-state index is 12.9. The minimum absolute atomic E-state index is 0.217. The van der Waals surface area contributed by atoms with E-state index in [0.717, 1.165) is 12.1 Å². The van der Waals surface area contributed by atoms with Gasteiger partial charge < -0.3 is 4.74 Å². The highest BCUT2D eigenvalue weighted by molar-refractivity contribution is 9.10. The molecule has 0 aromatic heterocycles. The third-order valence-electron chi connectivity index (χ3n) is 1.39. The molecule has 0 atom stereocenters. The van der Waals surface area contributed by atoms with Crippen molar-refractivity contribution in [3.05, 3.63) is 32.9 Å². The van der Waals surface area contributed by atoms with Crippen molar-refractivity contribution < 1.29 is 17.9 Å². The average Bonchev–Trinajstić information content (AvgIpc) is 2.17. The van der Waals surface area contributed by atoms with Gasteiger partial charge in [-0.3, -0.25) is 0 Å². The number of rotatable bonds is 3. The number of ether oxygens (including phenoxy) is 1. The van der Waals surface area contributed by atoms with Crippen LogP contribution in [0.4, 0.5) is 18.9 Å². The van der Waals surface area contributed by atoms with E-state index in [2.05, 4.69) is 30.7 Å². The first-order chi connectivity index (χ1) is 7.06. The molecule has 15 heavy (non-hydrogen) atoms. The summed E-state index contributed by atoms with van der Waals surface area (Å²) in [5, 5.41) is 3.09. The summed E-state index contributed by atoms with van der Waals surface area (Å²) in [6.07, 6.45) is 0. The van der Waals surface area contributed by atoms with Gasteiger partial charge in [0.15, 0.2) is 5.75 Å². The van der Waals surface area contributed by atoms with Gasteiger partial charge in [0, 0.05) is 4.91 Å². The van der Waals surface area contributed by atoms with Gasteiger partial charge in [0.2, 0.25) is 0 Å². The first kappa shape index (κ1) is 11.7. The minimum atomic E-state index is -3.13. The van der Waals surface area contributed by atoms with Crippen molar-refractivity contribution in [2.45, 2.75) is 6.61 Å². The Balaban J connectivity index is 3.27. The van der Waals surface area contributed by atoms with Gasteiger partial charge in [0.05, 0.1) is 10.2 Å². The lowest BCUT2D eigenvalue weighted by atomic mass is 10.3. The first-order valence-electron chi connectivity index (χ1n) is 3.54. The molecule has 0 heterocycles. The predicted molar refractivity (Wildman–Crippen MR) is 49.5 cm³/mol. The van der Waals surface area contributed by atoms with Crippen molar-refractivity contribution >= 4 is 21.6 Å². The van der Waals surface area contributed by atoms with E-state index in [-0.39, 0.29) is 10.2 Å². The molecule has 1 aromatic rings. The zero-order valence-corrected chi connectivity index (χ0v) is 8.58. The van der Waals surface area contributed by atoms with E-state index in [1.54, 1.807) is 0 Å². The smallest absolute Gasteiger partial charge is 0.387 e. The standard InChI is InChI=1S/C7H3BrF3N3O/c8-5-3(9)1-2-4(13-14-12)6(5)15-7(10)11/h1-2,7H. The van der Waals surface area contributed by atoms with Gasteiger partial charge in [-0.1, -0.05) is 5.11 Å². The fraction of sp³-hybridized carbons (Fsp3) is 0.143. The number of hydrogen-bond donors (Lipinski definition) is 0. The Morgan fingerprint density at radius 3 is 2.67 bits per heavy atom. The largest absolute Gasteiger partial charge is 0.433 e. The van der Waals surface area contributed by atoms with Crippen LogP contribution < -0.4 is 4.74 Å². The van der Waals surface area contributed by atoms with E-state index in [0.29, 0.717) is 0 Å². The van der Waals surface area contributed by atoms with Crippen LogP contribution in [0.3, 0.4) is 0 Å².